The number of benzene rings is 1. The highest BCUT2D eigenvalue weighted by molar-refractivity contribution is 5.47. The monoisotopic (exact) mass is 250 g/mol. The Morgan fingerprint density at radius 1 is 1.28 bits per heavy atom. The molecule has 0 bridgehead atoms. The largest absolute Gasteiger partial charge is 0.398 e. The second-order valence-electron chi connectivity index (χ2n) is 6.10. The quantitative estimate of drug-likeness (QED) is 0.815. The van der Waals surface area contributed by atoms with E-state index in [1.165, 1.54) is 25.3 Å². The van der Waals surface area contributed by atoms with E-state index in [0.29, 0.717) is 23.2 Å². The maximum Gasteiger partial charge on any atom is 0.129 e. The minimum absolute atomic E-state index is 0.182. The Morgan fingerprint density at radius 3 is 2.78 bits per heavy atom. The summed E-state index contributed by atoms with van der Waals surface area (Å²) in [5, 5.41) is 0. The van der Waals surface area contributed by atoms with E-state index < -0.39 is 0 Å². The van der Waals surface area contributed by atoms with Gasteiger partial charge in [-0.05, 0) is 49.9 Å². The van der Waals surface area contributed by atoms with E-state index in [2.05, 4.69) is 18.7 Å². The van der Waals surface area contributed by atoms with E-state index in [4.69, 9.17) is 5.73 Å². The van der Waals surface area contributed by atoms with Gasteiger partial charge in [-0.25, -0.2) is 4.39 Å². The van der Waals surface area contributed by atoms with E-state index in [0.717, 1.165) is 13.1 Å². The van der Waals surface area contributed by atoms with Crippen LogP contribution in [0.5, 0.6) is 0 Å². The van der Waals surface area contributed by atoms with E-state index in [1.807, 2.05) is 0 Å². The molecule has 1 saturated heterocycles. The van der Waals surface area contributed by atoms with Crippen molar-refractivity contribution in [2.75, 3.05) is 18.8 Å². The lowest BCUT2D eigenvalue weighted by Gasteiger charge is -2.23. The van der Waals surface area contributed by atoms with Gasteiger partial charge >= 0.3 is 0 Å². The van der Waals surface area contributed by atoms with Crippen LogP contribution in [-0.2, 0) is 6.54 Å². The predicted molar refractivity (Wildman–Crippen MR) is 73.7 cm³/mol. The van der Waals surface area contributed by atoms with Crippen molar-refractivity contribution >= 4 is 5.69 Å². The topological polar surface area (TPSA) is 29.3 Å². The van der Waals surface area contributed by atoms with Gasteiger partial charge in [0.15, 0.2) is 0 Å². The average Bonchev–Trinajstić information content (AvgIpc) is 2.46. The molecule has 0 aromatic heterocycles. The molecule has 3 heteroatoms. The normalized spacial score (nSPS) is 20.6. The van der Waals surface area contributed by atoms with Crippen molar-refractivity contribution < 1.29 is 4.39 Å². The summed E-state index contributed by atoms with van der Waals surface area (Å²) in [6, 6.07) is 4.94. The van der Waals surface area contributed by atoms with E-state index >= 15 is 0 Å². The number of hydrogen-bond acceptors (Lipinski definition) is 2. The Labute approximate surface area is 109 Å². The van der Waals surface area contributed by atoms with Gasteiger partial charge in [0.25, 0.3) is 0 Å². The van der Waals surface area contributed by atoms with Gasteiger partial charge in [0, 0.05) is 17.8 Å². The van der Waals surface area contributed by atoms with Crippen molar-refractivity contribution in [3.8, 4) is 0 Å². The second kappa shape index (κ2) is 5.27. The Hall–Kier alpha value is -1.09. The van der Waals surface area contributed by atoms with Crippen LogP contribution in [0.2, 0.25) is 0 Å². The number of rotatable bonds is 2. The summed E-state index contributed by atoms with van der Waals surface area (Å²) >= 11 is 0. The molecular weight excluding hydrogens is 227 g/mol. The van der Waals surface area contributed by atoms with Crippen LogP contribution in [0.15, 0.2) is 18.2 Å². The molecule has 1 aromatic rings. The first-order chi connectivity index (χ1) is 8.48. The maximum absolute atomic E-state index is 13.8. The first-order valence-electron chi connectivity index (χ1n) is 6.73. The first-order valence-corrected chi connectivity index (χ1v) is 6.73. The molecule has 1 aliphatic rings. The third-order valence-corrected chi connectivity index (χ3v) is 3.97. The maximum atomic E-state index is 13.8. The van der Waals surface area contributed by atoms with Crippen LogP contribution in [0, 0.1) is 11.2 Å². The fourth-order valence-corrected chi connectivity index (χ4v) is 2.60. The highest BCUT2D eigenvalue weighted by atomic mass is 19.1. The fourth-order valence-electron chi connectivity index (χ4n) is 2.60. The molecule has 2 rings (SSSR count). The van der Waals surface area contributed by atoms with Crippen molar-refractivity contribution in [2.45, 2.75) is 39.7 Å². The number of nitrogens with zero attached hydrogens (tertiary/aromatic N) is 1. The zero-order chi connectivity index (χ0) is 13.2. The van der Waals surface area contributed by atoms with Crippen LogP contribution in [0.1, 0.15) is 38.7 Å². The summed E-state index contributed by atoms with van der Waals surface area (Å²) in [5.74, 6) is -0.182. The van der Waals surface area contributed by atoms with Crippen molar-refractivity contribution in [3.05, 3.63) is 29.6 Å². The molecule has 0 radical (unpaired) electrons. The molecule has 0 spiro atoms. The van der Waals surface area contributed by atoms with Crippen LogP contribution in [0.4, 0.5) is 10.1 Å². The highest BCUT2D eigenvalue weighted by Gasteiger charge is 2.23. The van der Waals surface area contributed by atoms with Crippen LogP contribution in [0.3, 0.4) is 0 Å². The van der Waals surface area contributed by atoms with Gasteiger partial charge in [-0.1, -0.05) is 19.9 Å². The molecule has 1 aromatic carbocycles. The van der Waals surface area contributed by atoms with Crippen LogP contribution < -0.4 is 5.73 Å². The van der Waals surface area contributed by atoms with Gasteiger partial charge in [0.2, 0.25) is 0 Å². The molecule has 100 valence electrons. The van der Waals surface area contributed by atoms with Crippen LogP contribution in [0.25, 0.3) is 0 Å². The van der Waals surface area contributed by atoms with Gasteiger partial charge < -0.3 is 5.73 Å². The molecule has 0 unspecified atom stereocenters. The standard InChI is InChI=1S/C15H23FN2/c1-15(2)7-4-9-18(10-8-15)11-12-13(16)5-3-6-14(12)17/h3,5-6H,4,7-11,17H2,1-2H3. The molecule has 1 aliphatic heterocycles. The second-order valence-corrected chi connectivity index (χ2v) is 6.10. The molecule has 18 heavy (non-hydrogen) atoms. The van der Waals surface area contributed by atoms with E-state index in [9.17, 15) is 4.39 Å². The van der Waals surface area contributed by atoms with Crippen molar-refractivity contribution in [1.82, 2.24) is 4.90 Å². The van der Waals surface area contributed by atoms with Crippen LogP contribution >= 0.6 is 0 Å². The van der Waals surface area contributed by atoms with Crippen molar-refractivity contribution in [1.29, 1.82) is 0 Å². The average molecular weight is 250 g/mol. The number of likely N-dealkylation sites (tertiary alicyclic amines) is 1. The molecule has 0 amide bonds. The minimum atomic E-state index is -0.182. The summed E-state index contributed by atoms with van der Waals surface area (Å²) in [5.41, 5.74) is 7.49. The van der Waals surface area contributed by atoms with Gasteiger partial charge in [0.1, 0.15) is 5.82 Å². The fraction of sp³-hybridized carbons (Fsp3) is 0.600. The lowest BCUT2D eigenvalue weighted by atomic mass is 9.85. The number of nitrogen functional groups attached to an aromatic ring is 1. The third kappa shape index (κ3) is 3.22. The SMILES string of the molecule is CC1(C)CCCN(Cc2c(N)cccc2F)CC1. The van der Waals surface area contributed by atoms with Crippen molar-refractivity contribution in [2.24, 2.45) is 5.41 Å². The number of anilines is 1. The van der Waals surface area contributed by atoms with Crippen LogP contribution in [-0.4, -0.2) is 18.0 Å². The van der Waals surface area contributed by atoms with Gasteiger partial charge in [-0.2, -0.15) is 0 Å². The lowest BCUT2D eigenvalue weighted by Crippen LogP contribution is -2.26. The van der Waals surface area contributed by atoms with Crippen molar-refractivity contribution in [3.63, 3.8) is 0 Å². The number of hydrogen-bond donors (Lipinski definition) is 1. The van der Waals surface area contributed by atoms with E-state index in [1.54, 1.807) is 12.1 Å². The zero-order valence-corrected chi connectivity index (χ0v) is 11.4. The van der Waals surface area contributed by atoms with Gasteiger partial charge in [0.05, 0.1) is 0 Å². The summed E-state index contributed by atoms with van der Waals surface area (Å²) in [4.78, 5) is 2.32. The Bertz CT molecular complexity index is 395. The number of halogens is 1. The smallest absolute Gasteiger partial charge is 0.129 e. The molecular formula is C15H23FN2. The predicted octanol–water partition coefficient (Wildman–Crippen LogP) is 3.42. The summed E-state index contributed by atoms with van der Waals surface area (Å²) in [6.07, 6.45) is 3.60. The molecule has 0 aliphatic carbocycles. The number of nitrogens with two attached hydrogens (primary N) is 1. The molecule has 0 atom stereocenters. The molecule has 1 fully saturated rings. The molecule has 2 N–H and O–H groups in total. The van der Waals surface area contributed by atoms with Gasteiger partial charge in [-0.3, -0.25) is 4.90 Å². The summed E-state index contributed by atoms with van der Waals surface area (Å²) < 4.78 is 13.8. The Morgan fingerprint density at radius 2 is 2.06 bits per heavy atom. The van der Waals surface area contributed by atoms with Gasteiger partial charge in [-0.15, -0.1) is 0 Å². The third-order valence-electron chi connectivity index (χ3n) is 3.97. The Kier molecular flexibility index (Phi) is 3.91. The Balaban J connectivity index is 2.05. The first kappa shape index (κ1) is 13.3. The molecule has 2 nitrogen and oxygen atoms in total. The molecule has 1 heterocycles. The van der Waals surface area contributed by atoms with E-state index in [-0.39, 0.29) is 5.82 Å². The summed E-state index contributed by atoms with van der Waals surface area (Å²) in [7, 11) is 0. The highest BCUT2D eigenvalue weighted by Crippen LogP contribution is 2.30. The lowest BCUT2D eigenvalue weighted by molar-refractivity contribution is 0.253. The molecule has 0 saturated carbocycles. The minimum Gasteiger partial charge on any atom is -0.398 e. The summed E-state index contributed by atoms with van der Waals surface area (Å²) in [6.45, 7) is 7.33. The zero-order valence-electron chi connectivity index (χ0n) is 11.4.